The van der Waals surface area contributed by atoms with Gasteiger partial charge in [-0.05, 0) is 44.1 Å². The van der Waals surface area contributed by atoms with Crippen molar-refractivity contribution in [3.63, 3.8) is 0 Å². The quantitative estimate of drug-likeness (QED) is 0.775. The summed E-state index contributed by atoms with van der Waals surface area (Å²) in [5.41, 5.74) is 0.318. The summed E-state index contributed by atoms with van der Waals surface area (Å²) >= 11 is 3.29. The number of carbonyl (C=O) groups excluding carboxylic acids is 1. The van der Waals surface area contributed by atoms with Crippen LogP contribution in [-0.2, 0) is 0 Å². The number of hydrogen-bond acceptors (Lipinski definition) is 3. The van der Waals surface area contributed by atoms with Gasteiger partial charge in [-0.1, -0.05) is 15.9 Å². The van der Waals surface area contributed by atoms with Crippen molar-refractivity contribution in [1.29, 1.82) is 0 Å². The van der Waals surface area contributed by atoms with Crippen LogP contribution in [-0.4, -0.2) is 30.1 Å². The minimum atomic E-state index is -0.212. The summed E-state index contributed by atoms with van der Waals surface area (Å²) in [6.45, 7) is 1.85. The predicted octanol–water partition coefficient (Wildman–Crippen LogP) is 2.06. The molecule has 100 valence electrons. The van der Waals surface area contributed by atoms with Gasteiger partial charge in [0.2, 0.25) is 0 Å². The molecule has 18 heavy (non-hydrogen) atoms. The van der Waals surface area contributed by atoms with Crippen LogP contribution in [0.25, 0.3) is 0 Å². The molecule has 6 heteroatoms. The number of hydrogen-bond donors (Lipinski definition) is 3. The molecule has 1 aromatic carbocycles. The molecule has 0 aliphatic carbocycles. The summed E-state index contributed by atoms with van der Waals surface area (Å²) in [6.07, 6.45) is 1.86. The molecular weight excluding hydrogens is 320 g/mol. The van der Waals surface area contributed by atoms with Gasteiger partial charge < -0.3 is 15.7 Å². The number of benzene rings is 1. The summed E-state index contributed by atoms with van der Waals surface area (Å²) < 4.78 is 0.783. The summed E-state index contributed by atoms with van der Waals surface area (Å²) in [5.74, 6) is -0.199. The van der Waals surface area contributed by atoms with E-state index in [2.05, 4.69) is 26.6 Å². The number of carbonyl (C=O) groups is 1. The first-order chi connectivity index (χ1) is 8.16. The summed E-state index contributed by atoms with van der Waals surface area (Å²) in [7, 11) is 0. The molecule has 1 amide bonds. The minimum Gasteiger partial charge on any atom is -0.507 e. The Hall–Kier alpha value is -0.780. The van der Waals surface area contributed by atoms with Crippen molar-refractivity contribution in [3.05, 3.63) is 28.2 Å². The maximum Gasteiger partial charge on any atom is 0.255 e. The van der Waals surface area contributed by atoms with Crippen LogP contribution in [0.1, 0.15) is 23.2 Å². The van der Waals surface area contributed by atoms with Crippen molar-refractivity contribution in [2.45, 2.75) is 18.9 Å². The molecule has 0 radical (unpaired) electrons. The van der Waals surface area contributed by atoms with Gasteiger partial charge in [0.1, 0.15) is 5.75 Å². The van der Waals surface area contributed by atoms with Crippen LogP contribution >= 0.6 is 28.3 Å². The van der Waals surface area contributed by atoms with Gasteiger partial charge in [-0.25, -0.2) is 0 Å². The number of piperidine rings is 1. The monoisotopic (exact) mass is 334 g/mol. The standard InChI is InChI=1S/C12H15BrN2O2.ClH/c13-8-1-2-11(16)10(7-8)12(17)15-9-3-5-14-6-4-9;/h1-2,7,9,14,16H,3-6H2,(H,15,17);1H. The van der Waals surface area contributed by atoms with Gasteiger partial charge in [0.05, 0.1) is 5.56 Å². The van der Waals surface area contributed by atoms with Crippen molar-refractivity contribution in [2.75, 3.05) is 13.1 Å². The lowest BCUT2D eigenvalue weighted by Crippen LogP contribution is -2.42. The first-order valence-corrected chi connectivity index (χ1v) is 6.46. The van der Waals surface area contributed by atoms with Gasteiger partial charge in [0.25, 0.3) is 5.91 Å². The van der Waals surface area contributed by atoms with E-state index in [0.717, 1.165) is 30.4 Å². The Morgan fingerprint density at radius 1 is 1.39 bits per heavy atom. The van der Waals surface area contributed by atoms with E-state index in [0.29, 0.717) is 5.56 Å². The number of halogens is 2. The molecule has 0 spiro atoms. The van der Waals surface area contributed by atoms with Crippen LogP contribution in [0.2, 0.25) is 0 Å². The van der Waals surface area contributed by atoms with E-state index in [4.69, 9.17) is 0 Å². The Morgan fingerprint density at radius 2 is 2.06 bits per heavy atom. The highest BCUT2D eigenvalue weighted by atomic mass is 79.9. The maximum atomic E-state index is 12.0. The largest absolute Gasteiger partial charge is 0.507 e. The fraction of sp³-hybridized carbons (Fsp3) is 0.417. The van der Waals surface area contributed by atoms with Crippen molar-refractivity contribution < 1.29 is 9.90 Å². The molecule has 3 N–H and O–H groups in total. The van der Waals surface area contributed by atoms with Crippen LogP contribution in [0.15, 0.2) is 22.7 Å². The van der Waals surface area contributed by atoms with Crippen LogP contribution < -0.4 is 10.6 Å². The van der Waals surface area contributed by atoms with E-state index in [1.54, 1.807) is 12.1 Å². The molecule has 0 unspecified atom stereocenters. The Kier molecular flexibility index (Phi) is 5.91. The highest BCUT2D eigenvalue weighted by Gasteiger charge is 2.18. The van der Waals surface area contributed by atoms with E-state index < -0.39 is 0 Å². The summed E-state index contributed by atoms with van der Waals surface area (Å²) in [6, 6.07) is 5.05. The highest BCUT2D eigenvalue weighted by Crippen LogP contribution is 2.22. The van der Waals surface area contributed by atoms with E-state index in [9.17, 15) is 9.90 Å². The van der Waals surface area contributed by atoms with Gasteiger partial charge in [-0.3, -0.25) is 4.79 Å². The van der Waals surface area contributed by atoms with Crippen LogP contribution in [0.5, 0.6) is 5.75 Å². The molecule has 1 saturated heterocycles. The molecule has 0 saturated carbocycles. The lowest BCUT2D eigenvalue weighted by atomic mass is 10.1. The molecule has 1 fully saturated rings. The number of phenols is 1. The zero-order chi connectivity index (χ0) is 12.3. The third-order valence-corrected chi connectivity index (χ3v) is 3.37. The molecule has 1 aromatic rings. The average Bonchev–Trinajstić information content (AvgIpc) is 2.33. The van der Waals surface area contributed by atoms with Gasteiger partial charge in [-0.15, -0.1) is 12.4 Å². The molecule has 0 aromatic heterocycles. The number of rotatable bonds is 2. The topological polar surface area (TPSA) is 61.4 Å². The number of aromatic hydroxyl groups is 1. The van der Waals surface area contributed by atoms with Crippen molar-refractivity contribution in [2.24, 2.45) is 0 Å². The molecule has 4 nitrogen and oxygen atoms in total. The zero-order valence-electron chi connectivity index (χ0n) is 9.78. The third-order valence-electron chi connectivity index (χ3n) is 2.88. The van der Waals surface area contributed by atoms with Crippen molar-refractivity contribution in [1.82, 2.24) is 10.6 Å². The van der Waals surface area contributed by atoms with Crippen molar-refractivity contribution in [3.8, 4) is 5.75 Å². The number of phenolic OH excluding ortho intramolecular Hbond substituents is 1. The van der Waals surface area contributed by atoms with E-state index in [-0.39, 0.29) is 30.1 Å². The first-order valence-electron chi connectivity index (χ1n) is 5.67. The average molecular weight is 336 g/mol. The Balaban J connectivity index is 0.00000162. The normalized spacial score (nSPS) is 15.8. The van der Waals surface area contributed by atoms with Crippen LogP contribution in [0.4, 0.5) is 0 Å². The molecule has 2 rings (SSSR count). The molecule has 0 atom stereocenters. The van der Waals surface area contributed by atoms with Gasteiger partial charge in [0.15, 0.2) is 0 Å². The van der Waals surface area contributed by atoms with E-state index >= 15 is 0 Å². The van der Waals surface area contributed by atoms with E-state index in [1.807, 2.05) is 0 Å². The second-order valence-corrected chi connectivity index (χ2v) is 5.07. The van der Waals surface area contributed by atoms with Gasteiger partial charge in [-0.2, -0.15) is 0 Å². The van der Waals surface area contributed by atoms with Crippen molar-refractivity contribution >= 4 is 34.2 Å². The SMILES string of the molecule is Cl.O=C(NC1CCNCC1)c1cc(Br)ccc1O. The molecule has 0 bridgehead atoms. The fourth-order valence-electron chi connectivity index (χ4n) is 1.92. The van der Waals surface area contributed by atoms with Crippen LogP contribution in [0.3, 0.4) is 0 Å². The molecule has 1 heterocycles. The molecular formula is C12H16BrClN2O2. The first kappa shape index (κ1) is 15.3. The van der Waals surface area contributed by atoms with Gasteiger partial charge in [0, 0.05) is 10.5 Å². The number of amides is 1. The van der Waals surface area contributed by atoms with Crippen LogP contribution in [0, 0.1) is 0 Å². The van der Waals surface area contributed by atoms with Gasteiger partial charge >= 0.3 is 0 Å². The Morgan fingerprint density at radius 3 is 2.72 bits per heavy atom. The maximum absolute atomic E-state index is 12.0. The minimum absolute atomic E-state index is 0. The Labute approximate surface area is 121 Å². The summed E-state index contributed by atoms with van der Waals surface area (Å²) in [5, 5.41) is 15.8. The highest BCUT2D eigenvalue weighted by molar-refractivity contribution is 9.10. The lowest BCUT2D eigenvalue weighted by Gasteiger charge is -2.23. The second-order valence-electron chi connectivity index (χ2n) is 4.16. The predicted molar refractivity (Wildman–Crippen MR) is 76.4 cm³/mol. The molecule has 1 aliphatic rings. The third kappa shape index (κ3) is 3.86. The zero-order valence-corrected chi connectivity index (χ0v) is 12.2. The second kappa shape index (κ2) is 6.97. The Bertz CT molecular complexity index is 423. The van der Waals surface area contributed by atoms with E-state index in [1.165, 1.54) is 6.07 Å². The molecule has 1 aliphatic heterocycles. The summed E-state index contributed by atoms with van der Waals surface area (Å²) in [4.78, 5) is 12.0. The smallest absolute Gasteiger partial charge is 0.255 e. The number of nitrogens with one attached hydrogen (secondary N) is 2. The lowest BCUT2D eigenvalue weighted by molar-refractivity contribution is 0.0927. The fourth-order valence-corrected chi connectivity index (χ4v) is 2.28.